The number of esters is 1. The number of benzene rings is 4. The normalized spacial score (nSPS) is 10.9. The van der Waals surface area contributed by atoms with Crippen LogP contribution in [0.5, 0.6) is 17.2 Å². The highest BCUT2D eigenvalue weighted by molar-refractivity contribution is 14.1. The molecule has 0 saturated carbocycles. The number of nitriles is 1. The van der Waals surface area contributed by atoms with E-state index >= 15 is 0 Å². The summed E-state index contributed by atoms with van der Waals surface area (Å²) in [6.07, 6.45) is 1.46. The molecule has 0 aliphatic rings. The molecule has 0 radical (unpaired) electrons. The van der Waals surface area contributed by atoms with Gasteiger partial charge in [-0.05, 0) is 82.1 Å². The van der Waals surface area contributed by atoms with Gasteiger partial charge in [-0.3, -0.25) is 4.79 Å². The Morgan fingerprint density at radius 1 is 0.946 bits per heavy atom. The lowest BCUT2D eigenvalue weighted by Crippen LogP contribution is -2.13. The first kappa shape index (κ1) is 25.7. The first-order valence-corrected chi connectivity index (χ1v) is 12.2. The minimum Gasteiger partial charge on any atom is -0.497 e. The van der Waals surface area contributed by atoms with E-state index in [1.807, 2.05) is 65.1 Å². The number of methoxy groups -OCH3 is 2. The number of ether oxygens (including phenoxy) is 3. The van der Waals surface area contributed by atoms with Gasteiger partial charge in [0.25, 0.3) is 5.91 Å². The van der Waals surface area contributed by atoms with E-state index in [4.69, 9.17) is 14.2 Å². The molecule has 0 fully saturated rings. The third-order valence-corrected chi connectivity index (χ3v) is 6.29. The second-order valence-corrected chi connectivity index (χ2v) is 8.96. The maximum absolute atomic E-state index is 12.9. The number of nitrogens with zero attached hydrogens (tertiary/aromatic N) is 1. The van der Waals surface area contributed by atoms with Crippen LogP contribution in [0, 0.1) is 14.9 Å². The Kier molecular flexibility index (Phi) is 8.05. The number of carbonyl (C=O) groups excluding carboxylic acids is 2. The lowest BCUT2D eigenvalue weighted by atomic mass is 10.1. The Morgan fingerprint density at radius 3 is 2.38 bits per heavy atom. The highest BCUT2D eigenvalue weighted by Crippen LogP contribution is 2.35. The molecule has 1 N–H and O–H groups in total. The summed E-state index contributed by atoms with van der Waals surface area (Å²) in [5.41, 5.74) is 1.40. The fraction of sp³-hybridized carbons (Fsp3) is 0.0690. The number of halogens is 1. The zero-order valence-electron chi connectivity index (χ0n) is 19.9. The van der Waals surface area contributed by atoms with E-state index in [-0.39, 0.29) is 17.1 Å². The maximum Gasteiger partial charge on any atom is 0.343 e. The number of hydrogen-bond donors (Lipinski definition) is 1. The highest BCUT2D eigenvalue weighted by atomic mass is 127. The summed E-state index contributed by atoms with van der Waals surface area (Å²) in [4.78, 5) is 25.6. The standard InChI is InChI=1S/C29H21IN2O5/c1-35-22-12-10-20(11-13-22)29(34)37-27-24(30)15-18(16-26(27)36-2)14-21(17-31)28(33)32-25-9-5-7-19-6-3-4-8-23(19)25/h3-16H,1-2H3,(H,32,33)/b21-14+. The van der Waals surface area contributed by atoms with Crippen LogP contribution in [0.1, 0.15) is 15.9 Å². The van der Waals surface area contributed by atoms with Crippen LogP contribution in [0.25, 0.3) is 16.8 Å². The number of anilines is 1. The molecule has 0 spiro atoms. The third kappa shape index (κ3) is 5.90. The van der Waals surface area contributed by atoms with Crippen molar-refractivity contribution in [3.05, 3.63) is 99.1 Å². The second kappa shape index (κ2) is 11.6. The zero-order chi connectivity index (χ0) is 26.4. The largest absolute Gasteiger partial charge is 0.497 e. The van der Waals surface area contributed by atoms with E-state index < -0.39 is 11.9 Å². The Balaban J connectivity index is 1.58. The molecule has 7 nitrogen and oxygen atoms in total. The molecular weight excluding hydrogens is 583 g/mol. The summed E-state index contributed by atoms with van der Waals surface area (Å²) in [5.74, 6) is 0.0429. The molecule has 184 valence electrons. The molecular formula is C29H21IN2O5. The van der Waals surface area contributed by atoms with Gasteiger partial charge in [0.15, 0.2) is 11.5 Å². The van der Waals surface area contributed by atoms with Crippen molar-refractivity contribution in [1.29, 1.82) is 5.26 Å². The van der Waals surface area contributed by atoms with Gasteiger partial charge >= 0.3 is 5.97 Å². The molecule has 0 aliphatic heterocycles. The predicted molar refractivity (Wildman–Crippen MR) is 150 cm³/mol. The van der Waals surface area contributed by atoms with Crippen molar-refractivity contribution >= 4 is 57.0 Å². The van der Waals surface area contributed by atoms with Gasteiger partial charge < -0.3 is 19.5 Å². The molecule has 1 amide bonds. The van der Waals surface area contributed by atoms with Crippen LogP contribution >= 0.6 is 22.6 Å². The fourth-order valence-electron chi connectivity index (χ4n) is 3.64. The van der Waals surface area contributed by atoms with Crippen LogP contribution in [0.2, 0.25) is 0 Å². The van der Waals surface area contributed by atoms with E-state index in [0.717, 1.165) is 10.8 Å². The van der Waals surface area contributed by atoms with Gasteiger partial charge in [0.05, 0.1) is 23.4 Å². The van der Waals surface area contributed by atoms with Gasteiger partial charge in [-0.15, -0.1) is 0 Å². The second-order valence-electron chi connectivity index (χ2n) is 7.80. The molecule has 4 rings (SSSR count). The van der Waals surface area contributed by atoms with Crippen molar-refractivity contribution in [1.82, 2.24) is 0 Å². The van der Waals surface area contributed by atoms with Gasteiger partial charge in [0.1, 0.15) is 17.4 Å². The molecule has 4 aromatic carbocycles. The van der Waals surface area contributed by atoms with Gasteiger partial charge in [-0.2, -0.15) is 5.26 Å². The monoisotopic (exact) mass is 604 g/mol. The molecule has 0 atom stereocenters. The summed E-state index contributed by atoms with van der Waals surface area (Å²) in [5, 5.41) is 14.4. The number of carbonyl (C=O) groups is 2. The van der Waals surface area contributed by atoms with Gasteiger partial charge in [0, 0.05) is 11.1 Å². The molecule has 8 heteroatoms. The van der Waals surface area contributed by atoms with E-state index in [1.165, 1.54) is 13.2 Å². The average molecular weight is 604 g/mol. The first-order chi connectivity index (χ1) is 17.9. The van der Waals surface area contributed by atoms with Crippen LogP contribution in [-0.4, -0.2) is 26.1 Å². The van der Waals surface area contributed by atoms with E-state index in [2.05, 4.69) is 5.32 Å². The van der Waals surface area contributed by atoms with Crippen molar-refractivity contribution in [2.24, 2.45) is 0 Å². The van der Waals surface area contributed by atoms with Crippen molar-refractivity contribution in [2.45, 2.75) is 0 Å². The molecule has 0 unspecified atom stereocenters. The molecule has 4 aromatic rings. The van der Waals surface area contributed by atoms with Gasteiger partial charge in [-0.1, -0.05) is 36.4 Å². The summed E-state index contributed by atoms with van der Waals surface area (Å²) < 4.78 is 16.7. The minimum atomic E-state index is -0.561. The summed E-state index contributed by atoms with van der Waals surface area (Å²) in [6, 6.07) is 25.0. The average Bonchev–Trinajstić information content (AvgIpc) is 2.93. The van der Waals surface area contributed by atoms with Gasteiger partial charge in [-0.25, -0.2) is 4.79 Å². The molecule has 0 heterocycles. The van der Waals surface area contributed by atoms with Crippen molar-refractivity contribution in [2.75, 3.05) is 19.5 Å². The number of fused-ring (bicyclic) bond motifs is 1. The molecule has 0 bridgehead atoms. The number of hydrogen-bond acceptors (Lipinski definition) is 6. The smallest absolute Gasteiger partial charge is 0.343 e. The topological polar surface area (TPSA) is 97.7 Å². The molecule has 0 aliphatic carbocycles. The molecule has 37 heavy (non-hydrogen) atoms. The van der Waals surface area contributed by atoms with Crippen molar-refractivity contribution < 1.29 is 23.8 Å². The lowest BCUT2D eigenvalue weighted by molar-refractivity contribution is -0.112. The third-order valence-electron chi connectivity index (χ3n) is 5.49. The maximum atomic E-state index is 12.9. The Hall–Kier alpha value is -4.36. The summed E-state index contributed by atoms with van der Waals surface area (Å²) in [7, 11) is 2.99. The number of nitrogens with one attached hydrogen (secondary N) is 1. The Morgan fingerprint density at radius 2 is 1.68 bits per heavy atom. The van der Waals surface area contributed by atoms with E-state index in [9.17, 15) is 14.9 Å². The Labute approximate surface area is 227 Å². The van der Waals surface area contributed by atoms with Crippen LogP contribution in [-0.2, 0) is 4.79 Å². The van der Waals surface area contributed by atoms with Crippen LogP contribution in [0.3, 0.4) is 0 Å². The predicted octanol–water partition coefficient (Wildman–Crippen LogP) is 6.23. The van der Waals surface area contributed by atoms with Crippen LogP contribution in [0.15, 0.2) is 84.4 Å². The van der Waals surface area contributed by atoms with Crippen molar-refractivity contribution in [3.8, 4) is 23.3 Å². The quantitative estimate of drug-likeness (QED) is 0.0884. The SMILES string of the molecule is COc1ccc(C(=O)Oc2c(I)cc(/C=C(\C#N)C(=O)Nc3cccc4ccccc34)cc2OC)cc1. The summed E-state index contributed by atoms with van der Waals surface area (Å²) in [6.45, 7) is 0. The lowest BCUT2D eigenvalue weighted by Gasteiger charge is -2.13. The van der Waals surface area contributed by atoms with E-state index in [1.54, 1.807) is 49.6 Å². The van der Waals surface area contributed by atoms with Gasteiger partial charge in [0.2, 0.25) is 0 Å². The van der Waals surface area contributed by atoms with Crippen LogP contribution in [0.4, 0.5) is 5.69 Å². The summed E-state index contributed by atoms with van der Waals surface area (Å²) >= 11 is 2.01. The number of rotatable bonds is 7. The van der Waals surface area contributed by atoms with E-state index in [0.29, 0.717) is 26.1 Å². The fourth-order valence-corrected chi connectivity index (χ4v) is 4.38. The minimum absolute atomic E-state index is 0.0891. The van der Waals surface area contributed by atoms with Crippen LogP contribution < -0.4 is 19.5 Å². The molecule has 0 aromatic heterocycles. The molecule has 0 saturated heterocycles. The number of amides is 1. The Bertz CT molecular complexity index is 1550. The van der Waals surface area contributed by atoms with Crippen molar-refractivity contribution in [3.63, 3.8) is 0 Å². The first-order valence-electron chi connectivity index (χ1n) is 11.1. The zero-order valence-corrected chi connectivity index (χ0v) is 22.1. The highest BCUT2D eigenvalue weighted by Gasteiger charge is 2.18.